The van der Waals surface area contributed by atoms with Gasteiger partial charge in [0.05, 0.1) is 10.4 Å². The Kier molecular flexibility index (Phi) is 2.79. The molecule has 0 fully saturated rings. The Labute approximate surface area is 104 Å². The zero-order chi connectivity index (χ0) is 12.6. The zero-order valence-electron chi connectivity index (χ0n) is 9.97. The van der Waals surface area contributed by atoms with Gasteiger partial charge in [-0.2, -0.15) is 5.10 Å². The lowest BCUT2D eigenvalue weighted by atomic mass is 10.1. The number of aromatic carboxylic acids is 1. The highest BCUT2D eigenvalue weighted by Gasteiger charge is 2.22. The lowest BCUT2D eigenvalue weighted by Gasteiger charge is -2.18. The minimum atomic E-state index is -0.941. The SMILES string of the molecule is CC(C)(C)n1cc(C(=O)O)c(-c2cccs2)n1. The number of rotatable bonds is 2. The van der Waals surface area contributed by atoms with Crippen LogP contribution in [0.2, 0.25) is 0 Å². The van der Waals surface area contributed by atoms with Gasteiger partial charge in [0, 0.05) is 6.20 Å². The second-order valence-electron chi connectivity index (χ2n) is 4.79. The van der Waals surface area contributed by atoms with Crippen molar-refractivity contribution in [3.8, 4) is 10.6 Å². The maximum Gasteiger partial charge on any atom is 0.339 e. The van der Waals surface area contributed by atoms with Crippen molar-refractivity contribution in [1.82, 2.24) is 9.78 Å². The molecular formula is C12H14N2O2S. The number of carbonyl (C=O) groups is 1. The fourth-order valence-corrected chi connectivity index (χ4v) is 2.19. The molecule has 17 heavy (non-hydrogen) atoms. The molecule has 0 aromatic carbocycles. The molecule has 0 aliphatic carbocycles. The van der Waals surface area contributed by atoms with E-state index in [2.05, 4.69) is 5.10 Å². The summed E-state index contributed by atoms with van der Waals surface area (Å²) in [7, 11) is 0. The third-order valence-corrected chi connectivity index (χ3v) is 3.26. The summed E-state index contributed by atoms with van der Waals surface area (Å²) in [6.45, 7) is 5.97. The third kappa shape index (κ3) is 2.24. The molecule has 0 amide bonds. The second kappa shape index (κ2) is 4.00. The fourth-order valence-electron chi connectivity index (χ4n) is 1.47. The average molecular weight is 250 g/mol. The van der Waals surface area contributed by atoms with Gasteiger partial charge < -0.3 is 5.11 Å². The minimum Gasteiger partial charge on any atom is -0.478 e. The molecule has 5 heteroatoms. The van der Waals surface area contributed by atoms with Crippen LogP contribution in [-0.2, 0) is 5.54 Å². The molecule has 0 atom stereocenters. The molecule has 0 saturated heterocycles. The predicted molar refractivity (Wildman–Crippen MR) is 67.5 cm³/mol. The first-order chi connectivity index (χ1) is 7.89. The van der Waals surface area contributed by atoms with E-state index >= 15 is 0 Å². The van der Waals surface area contributed by atoms with E-state index in [1.54, 1.807) is 10.9 Å². The van der Waals surface area contributed by atoms with E-state index in [0.29, 0.717) is 5.69 Å². The van der Waals surface area contributed by atoms with E-state index in [-0.39, 0.29) is 11.1 Å². The predicted octanol–water partition coefficient (Wildman–Crippen LogP) is 3.06. The van der Waals surface area contributed by atoms with Crippen LogP contribution in [0, 0.1) is 0 Å². The Hall–Kier alpha value is -1.62. The summed E-state index contributed by atoms with van der Waals surface area (Å²) in [5, 5.41) is 15.5. The van der Waals surface area contributed by atoms with Crippen molar-refractivity contribution in [3.63, 3.8) is 0 Å². The molecule has 4 nitrogen and oxygen atoms in total. The minimum absolute atomic E-state index is 0.223. The molecule has 2 rings (SSSR count). The average Bonchev–Trinajstić information content (AvgIpc) is 2.85. The van der Waals surface area contributed by atoms with Crippen LogP contribution in [0.15, 0.2) is 23.7 Å². The highest BCUT2D eigenvalue weighted by Crippen LogP contribution is 2.28. The molecule has 2 aromatic rings. The molecule has 2 heterocycles. The standard InChI is InChI=1S/C12H14N2O2S/c1-12(2,3)14-7-8(11(15)16)10(13-14)9-5-4-6-17-9/h4-7H,1-3H3,(H,15,16). The first-order valence-electron chi connectivity index (χ1n) is 5.27. The Morgan fingerprint density at radius 3 is 2.65 bits per heavy atom. The van der Waals surface area contributed by atoms with Gasteiger partial charge in [0.2, 0.25) is 0 Å². The molecule has 90 valence electrons. The van der Waals surface area contributed by atoms with Crippen molar-refractivity contribution < 1.29 is 9.90 Å². The smallest absolute Gasteiger partial charge is 0.339 e. The number of nitrogens with zero attached hydrogens (tertiary/aromatic N) is 2. The topological polar surface area (TPSA) is 55.1 Å². The van der Waals surface area contributed by atoms with Crippen molar-refractivity contribution in [1.29, 1.82) is 0 Å². The van der Waals surface area contributed by atoms with Crippen LogP contribution in [0.4, 0.5) is 0 Å². The van der Waals surface area contributed by atoms with Crippen LogP contribution >= 0.6 is 11.3 Å². The number of thiophene rings is 1. The van der Waals surface area contributed by atoms with E-state index in [1.165, 1.54) is 11.3 Å². The summed E-state index contributed by atoms with van der Waals surface area (Å²) < 4.78 is 1.70. The van der Waals surface area contributed by atoms with Crippen LogP contribution in [-0.4, -0.2) is 20.9 Å². The number of carboxylic acids is 1. The monoisotopic (exact) mass is 250 g/mol. The summed E-state index contributed by atoms with van der Waals surface area (Å²) >= 11 is 1.49. The molecule has 2 aromatic heterocycles. The fraction of sp³-hybridized carbons (Fsp3) is 0.333. The number of hydrogen-bond donors (Lipinski definition) is 1. The van der Waals surface area contributed by atoms with Crippen LogP contribution in [0.5, 0.6) is 0 Å². The molecule has 0 spiro atoms. The molecule has 0 aliphatic rings. The third-order valence-electron chi connectivity index (χ3n) is 2.39. The lowest BCUT2D eigenvalue weighted by molar-refractivity contribution is 0.0697. The highest BCUT2D eigenvalue weighted by atomic mass is 32.1. The van der Waals surface area contributed by atoms with Crippen molar-refractivity contribution >= 4 is 17.3 Å². The molecule has 1 N–H and O–H groups in total. The van der Waals surface area contributed by atoms with Crippen molar-refractivity contribution in [2.45, 2.75) is 26.3 Å². The second-order valence-corrected chi connectivity index (χ2v) is 5.74. The molecule has 0 saturated carbocycles. The van der Waals surface area contributed by atoms with Crippen LogP contribution in [0.25, 0.3) is 10.6 Å². The van der Waals surface area contributed by atoms with E-state index in [9.17, 15) is 9.90 Å². The summed E-state index contributed by atoms with van der Waals surface area (Å²) in [5.41, 5.74) is 0.574. The summed E-state index contributed by atoms with van der Waals surface area (Å²) in [4.78, 5) is 12.1. The zero-order valence-corrected chi connectivity index (χ0v) is 10.8. The number of carboxylic acid groups (broad SMARTS) is 1. The van der Waals surface area contributed by atoms with Crippen LogP contribution < -0.4 is 0 Å². The van der Waals surface area contributed by atoms with Gasteiger partial charge in [0.15, 0.2) is 0 Å². The van der Waals surface area contributed by atoms with Gasteiger partial charge in [-0.3, -0.25) is 4.68 Å². The summed E-state index contributed by atoms with van der Waals surface area (Å²) in [6.07, 6.45) is 1.59. The van der Waals surface area contributed by atoms with Gasteiger partial charge in [0.25, 0.3) is 0 Å². The van der Waals surface area contributed by atoms with Gasteiger partial charge in [-0.1, -0.05) is 6.07 Å². The molecule has 0 bridgehead atoms. The number of aromatic nitrogens is 2. The van der Waals surface area contributed by atoms with E-state index in [1.807, 2.05) is 38.3 Å². The van der Waals surface area contributed by atoms with Gasteiger partial charge in [-0.05, 0) is 32.2 Å². The maximum absolute atomic E-state index is 11.2. The molecule has 0 aliphatic heterocycles. The van der Waals surface area contributed by atoms with Gasteiger partial charge in [-0.25, -0.2) is 4.79 Å². The van der Waals surface area contributed by atoms with Crippen molar-refractivity contribution in [2.75, 3.05) is 0 Å². The van der Waals surface area contributed by atoms with E-state index in [0.717, 1.165) is 4.88 Å². The normalized spacial score (nSPS) is 11.7. The van der Waals surface area contributed by atoms with E-state index in [4.69, 9.17) is 0 Å². The maximum atomic E-state index is 11.2. The quantitative estimate of drug-likeness (QED) is 0.891. The number of hydrogen-bond acceptors (Lipinski definition) is 3. The van der Waals surface area contributed by atoms with Crippen molar-refractivity contribution in [3.05, 3.63) is 29.3 Å². The van der Waals surface area contributed by atoms with Crippen molar-refractivity contribution in [2.24, 2.45) is 0 Å². The van der Waals surface area contributed by atoms with Crippen LogP contribution in [0.1, 0.15) is 31.1 Å². The molecule has 0 unspecified atom stereocenters. The van der Waals surface area contributed by atoms with Gasteiger partial charge in [-0.15, -0.1) is 11.3 Å². The Morgan fingerprint density at radius 1 is 1.47 bits per heavy atom. The lowest BCUT2D eigenvalue weighted by Crippen LogP contribution is -2.22. The Balaban J connectivity index is 2.58. The van der Waals surface area contributed by atoms with Gasteiger partial charge in [0.1, 0.15) is 11.3 Å². The molecular weight excluding hydrogens is 236 g/mol. The first-order valence-corrected chi connectivity index (χ1v) is 6.15. The highest BCUT2D eigenvalue weighted by molar-refractivity contribution is 7.13. The van der Waals surface area contributed by atoms with Crippen LogP contribution in [0.3, 0.4) is 0 Å². The summed E-state index contributed by atoms with van der Waals surface area (Å²) in [6, 6.07) is 3.77. The van der Waals surface area contributed by atoms with Gasteiger partial charge >= 0.3 is 5.97 Å². The first kappa shape index (κ1) is 11.9. The van der Waals surface area contributed by atoms with E-state index < -0.39 is 5.97 Å². The molecule has 0 radical (unpaired) electrons. The summed E-state index contributed by atoms with van der Waals surface area (Å²) in [5.74, 6) is -0.941. The Morgan fingerprint density at radius 2 is 2.18 bits per heavy atom. The largest absolute Gasteiger partial charge is 0.478 e. The Bertz CT molecular complexity index is 535.